The molecule has 1 aliphatic rings. The summed E-state index contributed by atoms with van der Waals surface area (Å²) in [7, 11) is 3.03. The van der Waals surface area contributed by atoms with Crippen LogP contribution < -0.4 is 0 Å². The molecule has 0 unspecified atom stereocenters. The predicted octanol–water partition coefficient (Wildman–Crippen LogP) is 2.60. The molecule has 0 atom stereocenters. The molecular weight excluding hydrogens is 322 g/mol. The van der Waals surface area contributed by atoms with Crippen molar-refractivity contribution >= 4 is 23.1 Å². The number of aromatic nitrogens is 1. The van der Waals surface area contributed by atoms with Crippen molar-refractivity contribution < 1.29 is 24.2 Å². The molecule has 25 heavy (non-hydrogen) atoms. The summed E-state index contributed by atoms with van der Waals surface area (Å²) in [5.74, 6) is -1.73. The van der Waals surface area contributed by atoms with Gasteiger partial charge in [0.05, 0.1) is 18.2 Å². The lowest BCUT2D eigenvalue weighted by molar-refractivity contribution is 0.0599. The largest absolute Gasteiger partial charge is 0.507 e. The monoisotopic (exact) mass is 339 g/mol. The second-order valence-corrected chi connectivity index (χ2v) is 5.92. The quantitative estimate of drug-likeness (QED) is 0.850. The van der Waals surface area contributed by atoms with Gasteiger partial charge in [0.15, 0.2) is 11.6 Å². The number of nitrogens with zero attached hydrogens (tertiary/aromatic N) is 1. The van der Waals surface area contributed by atoms with E-state index in [1.54, 1.807) is 25.5 Å². The van der Waals surface area contributed by atoms with Crippen LogP contribution in [0.25, 0.3) is 5.57 Å². The first kappa shape index (κ1) is 16.7. The van der Waals surface area contributed by atoms with Gasteiger partial charge in [0.1, 0.15) is 5.75 Å². The van der Waals surface area contributed by atoms with Crippen molar-refractivity contribution in [1.82, 2.24) is 4.57 Å². The van der Waals surface area contributed by atoms with Crippen LogP contribution in [0.4, 0.5) is 0 Å². The van der Waals surface area contributed by atoms with Crippen molar-refractivity contribution in [3.8, 4) is 5.75 Å². The molecule has 0 aliphatic heterocycles. The van der Waals surface area contributed by atoms with E-state index in [1.807, 2.05) is 0 Å². The average molecular weight is 339 g/mol. The van der Waals surface area contributed by atoms with E-state index in [4.69, 9.17) is 4.74 Å². The van der Waals surface area contributed by atoms with Crippen LogP contribution in [0.3, 0.4) is 0 Å². The normalized spacial score (nSPS) is 13.5. The van der Waals surface area contributed by atoms with Gasteiger partial charge in [-0.05, 0) is 26.0 Å². The van der Waals surface area contributed by atoms with Gasteiger partial charge in [-0.2, -0.15) is 0 Å². The highest BCUT2D eigenvalue weighted by Gasteiger charge is 2.34. The Balaban J connectivity index is 2.31. The third kappa shape index (κ3) is 2.29. The van der Waals surface area contributed by atoms with Gasteiger partial charge in [-0.15, -0.1) is 0 Å². The Morgan fingerprint density at radius 3 is 2.44 bits per heavy atom. The van der Waals surface area contributed by atoms with Crippen molar-refractivity contribution in [2.24, 2.45) is 7.05 Å². The van der Waals surface area contributed by atoms with E-state index in [-0.39, 0.29) is 28.0 Å². The van der Waals surface area contributed by atoms with E-state index in [9.17, 15) is 19.5 Å². The molecule has 2 aromatic rings. The summed E-state index contributed by atoms with van der Waals surface area (Å²) >= 11 is 0. The summed E-state index contributed by atoms with van der Waals surface area (Å²) in [6, 6.07) is 4.36. The van der Waals surface area contributed by atoms with E-state index in [0.717, 1.165) is 0 Å². The van der Waals surface area contributed by atoms with Crippen LogP contribution in [0, 0.1) is 13.8 Å². The fourth-order valence-corrected chi connectivity index (χ4v) is 3.21. The second kappa shape index (κ2) is 5.73. The van der Waals surface area contributed by atoms with Crippen LogP contribution in [0.2, 0.25) is 0 Å². The zero-order valence-electron chi connectivity index (χ0n) is 14.3. The Morgan fingerprint density at radius 1 is 1.12 bits per heavy atom. The number of fused-ring (bicyclic) bond motifs is 1. The topological polar surface area (TPSA) is 85.6 Å². The Labute approximate surface area is 144 Å². The Kier molecular flexibility index (Phi) is 3.83. The van der Waals surface area contributed by atoms with Gasteiger partial charge in [0.25, 0.3) is 0 Å². The van der Waals surface area contributed by atoms with Gasteiger partial charge in [-0.1, -0.05) is 12.1 Å². The highest BCUT2D eigenvalue weighted by Crippen LogP contribution is 2.37. The van der Waals surface area contributed by atoms with Crippen LogP contribution in [-0.4, -0.2) is 34.3 Å². The molecule has 128 valence electrons. The molecule has 3 rings (SSSR count). The number of aromatic hydroxyl groups is 1. The number of ketones is 2. The van der Waals surface area contributed by atoms with Crippen molar-refractivity contribution in [3.05, 3.63) is 57.9 Å². The summed E-state index contributed by atoms with van der Waals surface area (Å²) in [4.78, 5) is 37.7. The lowest BCUT2D eigenvalue weighted by atomic mass is 9.84. The van der Waals surface area contributed by atoms with Crippen LogP contribution >= 0.6 is 0 Å². The number of carbonyl (C=O) groups is 3. The number of benzene rings is 1. The number of rotatable bonds is 2. The number of ether oxygens (including phenoxy) is 1. The zero-order chi connectivity index (χ0) is 18.5. The maximum absolute atomic E-state index is 13.0. The molecular formula is C19H17NO5. The maximum atomic E-state index is 13.0. The van der Waals surface area contributed by atoms with Gasteiger partial charge in [-0.25, -0.2) is 4.79 Å². The van der Waals surface area contributed by atoms with E-state index in [0.29, 0.717) is 17.0 Å². The van der Waals surface area contributed by atoms with Gasteiger partial charge >= 0.3 is 5.97 Å². The van der Waals surface area contributed by atoms with Gasteiger partial charge in [-0.3, -0.25) is 9.59 Å². The van der Waals surface area contributed by atoms with E-state index in [1.165, 1.54) is 31.4 Å². The molecule has 1 aromatic carbocycles. The van der Waals surface area contributed by atoms with E-state index >= 15 is 0 Å². The molecule has 0 amide bonds. The summed E-state index contributed by atoms with van der Waals surface area (Å²) in [6.45, 7) is 3.50. The smallest absolute Gasteiger partial charge is 0.340 e. The maximum Gasteiger partial charge on any atom is 0.340 e. The van der Waals surface area contributed by atoms with Crippen molar-refractivity contribution in [3.63, 3.8) is 0 Å². The van der Waals surface area contributed by atoms with Gasteiger partial charge in [0, 0.05) is 35.1 Å². The first-order valence-electron chi connectivity index (χ1n) is 7.66. The average Bonchev–Trinajstić information content (AvgIpc) is 2.81. The third-order valence-corrected chi connectivity index (χ3v) is 4.69. The summed E-state index contributed by atoms with van der Waals surface area (Å²) in [6.07, 6.45) is 1.22. The Bertz CT molecular complexity index is 978. The predicted molar refractivity (Wildman–Crippen MR) is 91.0 cm³/mol. The highest BCUT2D eigenvalue weighted by atomic mass is 16.5. The third-order valence-electron chi connectivity index (χ3n) is 4.69. The minimum Gasteiger partial charge on any atom is -0.507 e. The molecule has 1 heterocycles. The van der Waals surface area contributed by atoms with Crippen LogP contribution in [0.15, 0.2) is 24.3 Å². The molecule has 0 saturated carbocycles. The van der Waals surface area contributed by atoms with E-state index < -0.39 is 17.5 Å². The number of Topliss-reactive ketones (excluding diaryl/α,β-unsaturated/α-hetero) is 1. The minimum absolute atomic E-state index is 0.0401. The van der Waals surface area contributed by atoms with Crippen molar-refractivity contribution in [1.29, 1.82) is 0 Å². The molecule has 0 spiro atoms. The lowest BCUT2D eigenvalue weighted by Crippen LogP contribution is -2.18. The molecule has 6 nitrogen and oxygen atoms in total. The number of hydrogen-bond acceptors (Lipinski definition) is 5. The Morgan fingerprint density at radius 2 is 1.80 bits per heavy atom. The Hall–Kier alpha value is -3.15. The molecule has 1 aliphatic carbocycles. The molecule has 0 bridgehead atoms. The van der Waals surface area contributed by atoms with Gasteiger partial charge < -0.3 is 14.4 Å². The molecule has 0 fully saturated rings. The van der Waals surface area contributed by atoms with Crippen molar-refractivity contribution in [2.45, 2.75) is 13.8 Å². The summed E-state index contributed by atoms with van der Waals surface area (Å²) in [5.41, 5.74) is 2.08. The summed E-state index contributed by atoms with van der Waals surface area (Å²) in [5, 5.41) is 10.1. The van der Waals surface area contributed by atoms with Crippen molar-refractivity contribution in [2.75, 3.05) is 7.11 Å². The first-order chi connectivity index (χ1) is 11.8. The van der Waals surface area contributed by atoms with E-state index in [2.05, 4.69) is 0 Å². The minimum atomic E-state index is -0.583. The van der Waals surface area contributed by atoms with Crippen LogP contribution in [0.1, 0.15) is 48.0 Å². The number of methoxy groups -OCH3 is 1. The van der Waals surface area contributed by atoms with Gasteiger partial charge in [0.2, 0.25) is 0 Å². The number of hydrogen-bond donors (Lipinski definition) is 1. The molecule has 0 saturated heterocycles. The molecule has 1 aromatic heterocycles. The molecule has 0 radical (unpaired) electrons. The number of phenols is 1. The number of allylic oxidation sites excluding steroid dienone is 2. The number of phenolic OH excluding ortho intramolecular Hbond substituents is 1. The fourth-order valence-electron chi connectivity index (χ4n) is 3.21. The summed E-state index contributed by atoms with van der Waals surface area (Å²) < 4.78 is 6.61. The van der Waals surface area contributed by atoms with Crippen LogP contribution in [0.5, 0.6) is 5.75 Å². The lowest BCUT2D eigenvalue weighted by Gasteiger charge is -2.17. The molecule has 6 heteroatoms. The standard InChI is InChI=1S/C19H17NO5/c1-9-15(16(19(24)25-4)10(2)20(9)3)12-8-14(22)11-6-5-7-13(21)17(11)18(12)23/h5-8,21H,1-4H3. The zero-order valence-corrected chi connectivity index (χ0v) is 14.3. The first-order valence-corrected chi connectivity index (χ1v) is 7.66. The van der Waals surface area contributed by atoms with Crippen LogP contribution in [-0.2, 0) is 11.8 Å². The SMILES string of the molecule is COC(=O)c1c(C2=CC(=O)c3cccc(O)c3C2=O)c(C)n(C)c1C. The number of esters is 1. The highest BCUT2D eigenvalue weighted by molar-refractivity contribution is 6.40. The number of carbonyl (C=O) groups excluding carboxylic acids is 3. The fraction of sp³-hybridized carbons (Fsp3) is 0.211. The second-order valence-electron chi connectivity index (χ2n) is 5.92. The molecule has 1 N–H and O–H groups in total.